The molecule has 5 nitrogen and oxygen atoms in total. The van der Waals surface area contributed by atoms with Gasteiger partial charge in [-0.25, -0.2) is 4.99 Å². The molecule has 1 aromatic carbocycles. The van der Waals surface area contributed by atoms with Gasteiger partial charge < -0.3 is 15.4 Å². The first kappa shape index (κ1) is 25.5. The van der Waals surface area contributed by atoms with Crippen molar-refractivity contribution in [2.45, 2.75) is 31.6 Å². The van der Waals surface area contributed by atoms with E-state index in [9.17, 15) is 13.2 Å². The molecule has 30 heavy (non-hydrogen) atoms. The lowest BCUT2D eigenvalue weighted by Crippen LogP contribution is -2.60. The predicted molar refractivity (Wildman–Crippen MR) is 127 cm³/mol. The van der Waals surface area contributed by atoms with E-state index in [0.717, 1.165) is 75.0 Å². The second-order valence-corrected chi connectivity index (χ2v) is 8.47. The summed E-state index contributed by atoms with van der Waals surface area (Å²) >= 11 is 1.98. The molecule has 0 amide bonds. The number of alkyl halides is 3. The molecule has 2 aliphatic heterocycles. The third-order valence-corrected chi connectivity index (χ3v) is 6.63. The number of benzene rings is 1. The third-order valence-electron chi connectivity index (χ3n) is 5.39. The third kappa shape index (κ3) is 6.89. The molecule has 0 aliphatic carbocycles. The van der Waals surface area contributed by atoms with E-state index in [0.29, 0.717) is 12.5 Å². The zero-order chi connectivity index (χ0) is 20.7. The van der Waals surface area contributed by atoms with Crippen molar-refractivity contribution in [2.24, 2.45) is 4.99 Å². The highest BCUT2D eigenvalue weighted by Crippen LogP contribution is 2.33. The number of nitrogens with zero attached hydrogens (tertiary/aromatic N) is 2. The lowest BCUT2D eigenvalue weighted by Gasteiger charge is -2.43. The molecule has 1 aromatic rings. The molecule has 1 unspecified atom stereocenters. The summed E-state index contributed by atoms with van der Waals surface area (Å²) in [7, 11) is 0. The van der Waals surface area contributed by atoms with Crippen molar-refractivity contribution >= 4 is 41.7 Å². The molecule has 0 saturated carbocycles. The number of rotatable bonds is 6. The van der Waals surface area contributed by atoms with Gasteiger partial charge in [0.2, 0.25) is 0 Å². The number of nitrogens with one attached hydrogen (secondary N) is 2. The summed E-state index contributed by atoms with van der Waals surface area (Å²) in [5.41, 5.74) is 0.204. The Morgan fingerprint density at radius 2 is 1.90 bits per heavy atom. The van der Waals surface area contributed by atoms with E-state index in [1.807, 2.05) is 18.7 Å². The van der Waals surface area contributed by atoms with E-state index in [4.69, 9.17) is 4.74 Å². The Hall–Kier alpha value is -0.720. The quantitative estimate of drug-likeness (QED) is 0.318. The van der Waals surface area contributed by atoms with Crippen LogP contribution in [0.3, 0.4) is 0 Å². The molecule has 2 N–H and O–H groups in total. The molecule has 2 aliphatic rings. The molecule has 2 heterocycles. The van der Waals surface area contributed by atoms with Gasteiger partial charge in [-0.05, 0) is 36.8 Å². The summed E-state index contributed by atoms with van der Waals surface area (Å²) in [4.78, 5) is 7.11. The smallest absolute Gasteiger partial charge is 0.379 e. The number of thioether (sulfide) groups is 1. The second kappa shape index (κ2) is 11.8. The SMILES string of the molecule is CCNC(=NCc1ccc(C(F)(F)F)cc1)NCC1(N2CCOCC2)CCSC1.I. The monoisotopic (exact) mass is 558 g/mol. The van der Waals surface area contributed by atoms with E-state index in [2.05, 4.69) is 20.5 Å². The maximum absolute atomic E-state index is 12.7. The maximum Gasteiger partial charge on any atom is 0.416 e. The molecule has 2 fully saturated rings. The fraction of sp³-hybridized carbons (Fsp3) is 0.650. The average molecular weight is 558 g/mol. The highest BCUT2D eigenvalue weighted by Gasteiger charge is 2.40. The van der Waals surface area contributed by atoms with Gasteiger partial charge in [-0.2, -0.15) is 24.9 Å². The van der Waals surface area contributed by atoms with Crippen LogP contribution in [0.15, 0.2) is 29.3 Å². The van der Waals surface area contributed by atoms with Crippen molar-refractivity contribution in [3.8, 4) is 0 Å². The van der Waals surface area contributed by atoms with Crippen LogP contribution < -0.4 is 10.6 Å². The van der Waals surface area contributed by atoms with E-state index in [1.54, 1.807) is 0 Å². The Bertz CT molecular complexity index is 676. The molecule has 0 spiro atoms. The Kier molecular flexibility index (Phi) is 10.0. The van der Waals surface area contributed by atoms with E-state index in [1.165, 1.54) is 12.1 Å². The van der Waals surface area contributed by atoms with Crippen molar-refractivity contribution < 1.29 is 17.9 Å². The lowest BCUT2D eigenvalue weighted by atomic mass is 9.95. The van der Waals surface area contributed by atoms with Gasteiger partial charge in [0, 0.05) is 37.5 Å². The second-order valence-electron chi connectivity index (χ2n) is 7.37. The number of aliphatic imine (C=N–C) groups is 1. The van der Waals surface area contributed by atoms with Crippen molar-refractivity contribution in [3.05, 3.63) is 35.4 Å². The first-order valence-corrected chi connectivity index (χ1v) is 11.2. The maximum atomic E-state index is 12.7. The van der Waals surface area contributed by atoms with Crippen LogP contribution in [0.1, 0.15) is 24.5 Å². The minimum Gasteiger partial charge on any atom is -0.379 e. The van der Waals surface area contributed by atoms with Gasteiger partial charge in [0.25, 0.3) is 0 Å². The van der Waals surface area contributed by atoms with Gasteiger partial charge in [0.15, 0.2) is 5.96 Å². The van der Waals surface area contributed by atoms with Crippen LogP contribution in [0.25, 0.3) is 0 Å². The van der Waals surface area contributed by atoms with Crippen molar-refractivity contribution in [1.29, 1.82) is 0 Å². The van der Waals surface area contributed by atoms with Gasteiger partial charge in [-0.1, -0.05) is 12.1 Å². The Morgan fingerprint density at radius 3 is 2.47 bits per heavy atom. The fourth-order valence-corrected chi connectivity index (χ4v) is 5.17. The molecule has 0 radical (unpaired) electrons. The Labute approximate surface area is 197 Å². The van der Waals surface area contributed by atoms with E-state index in [-0.39, 0.29) is 29.5 Å². The molecule has 170 valence electrons. The highest BCUT2D eigenvalue weighted by molar-refractivity contribution is 14.0. The average Bonchev–Trinajstić information content (AvgIpc) is 3.21. The minimum absolute atomic E-state index is 0. The molecule has 3 rings (SSSR count). The van der Waals surface area contributed by atoms with Gasteiger partial charge >= 0.3 is 6.18 Å². The molecule has 10 heteroatoms. The summed E-state index contributed by atoms with van der Waals surface area (Å²) in [6.45, 7) is 7.27. The number of guanidine groups is 1. The highest BCUT2D eigenvalue weighted by atomic mass is 127. The summed E-state index contributed by atoms with van der Waals surface area (Å²) in [6.07, 6.45) is -3.19. The van der Waals surface area contributed by atoms with Gasteiger partial charge in [-0.15, -0.1) is 24.0 Å². The molecule has 0 bridgehead atoms. The zero-order valence-corrected chi connectivity index (χ0v) is 20.3. The number of ether oxygens (including phenoxy) is 1. The Balaban J connectivity index is 0.00000320. The lowest BCUT2D eigenvalue weighted by molar-refractivity contribution is -0.137. The van der Waals surface area contributed by atoms with Gasteiger partial charge in [0.1, 0.15) is 0 Å². The predicted octanol–water partition coefficient (Wildman–Crippen LogP) is 3.59. The van der Waals surface area contributed by atoms with Crippen LogP contribution >= 0.6 is 35.7 Å². The van der Waals surface area contributed by atoms with Crippen molar-refractivity contribution in [1.82, 2.24) is 15.5 Å². The van der Waals surface area contributed by atoms with Crippen LogP contribution in [0, 0.1) is 0 Å². The number of hydrogen-bond acceptors (Lipinski definition) is 4. The summed E-state index contributed by atoms with van der Waals surface area (Å²) in [5, 5.41) is 6.71. The molecule has 2 saturated heterocycles. The van der Waals surface area contributed by atoms with Crippen LogP contribution in [-0.2, 0) is 17.5 Å². The summed E-state index contributed by atoms with van der Waals surface area (Å²) in [6, 6.07) is 5.18. The Morgan fingerprint density at radius 1 is 1.20 bits per heavy atom. The first-order valence-electron chi connectivity index (χ1n) is 10.0. The molecular formula is C20H30F3IN4OS. The zero-order valence-electron chi connectivity index (χ0n) is 17.1. The number of morpholine rings is 1. The standard InChI is InChI=1S/C20H29F3N4OS.HI/c1-2-24-18(25-13-16-3-5-17(6-4-16)20(21,22)23)26-14-19(7-12-29-15-19)27-8-10-28-11-9-27;/h3-6H,2,7-15H2,1H3,(H2,24,25,26);1H. The number of halogens is 4. The van der Waals surface area contributed by atoms with Crippen molar-refractivity contribution in [3.63, 3.8) is 0 Å². The fourth-order valence-electron chi connectivity index (χ4n) is 3.69. The summed E-state index contributed by atoms with van der Waals surface area (Å²) in [5.74, 6) is 2.92. The van der Waals surface area contributed by atoms with Crippen LogP contribution in [0.5, 0.6) is 0 Å². The van der Waals surface area contributed by atoms with Crippen LogP contribution in [0.4, 0.5) is 13.2 Å². The van der Waals surface area contributed by atoms with Gasteiger partial charge in [-0.3, -0.25) is 4.90 Å². The molecule has 1 atom stereocenters. The normalized spacial score (nSPS) is 23.1. The molecule has 0 aromatic heterocycles. The van der Waals surface area contributed by atoms with Gasteiger partial charge in [0.05, 0.1) is 25.3 Å². The van der Waals surface area contributed by atoms with Crippen LogP contribution in [0.2, 0.25) is 0 Å². The summed E-state index contributed by atoms with van der Waals surface area (Å²) < 4.78 is 43.6. The number of hydrogen-bond donors (Lipinski definition) is 2. The van der Waals surface area contributed by atoms with E-state index >= 15 is 0 Å². The largest absolute Gasteiger partial charge is 0.416 e. The first-order chi connectivity index (χ1) is 13.9. The van der Waals surface area contributed by atoms with Crippen LogP contribution in [-0.4, -0.2) is 67.3 Å². The van der Waals surface area contributed by atoms with E-state index < -0.39 is 11.7 Å². The topological polar surface area (TPSA) is 48.9 Å². The van der Waals surface area contributed by atoms with Crippen molar-refractivity contribution in [2.75, 3.05) is 50.9 Å². The molecular weight excluding hydrogens is 528 g/mol. The minimum atomic E-state index is -4.31.